The summed E-state index contributed by atoms with van der Waals surface area (Å²) in [6.07, 6.45) is 0. The largest absolute Gasteiger partial charge is 0.367 e. The van der Waals surface area contributed by atoms with Crippen molar-refractivity contribution in [3.8, 4) is 0 Å². The smallest absolute Gasteiger partial charge is 0.252 e. The summed E-state index contributed by atoms with van der Waals surface area (Å²) in [5, 5.41) is 3.30. The molecule has 1 aliphatic rings. The van der Waals surface area contributed by atoms with Crippen molar-refractivity contribution in [1.29, 1.82) is 0 Å². The van der Waals surface area contributed by atoms with Crippen molar-refractivity contribution in [2.24, 2.45) is 0 Å². The highest BCUT2D eigenvalue weighted by molar-refractivity contribution is 5.44. The highest BCUT2D eigenvalue weighted by atomic mass is 16.1. The summed E-state index contributed by atoms with van der Waals surface area (Å²) < 4.78 is 1.80. The van der Waals surface area contributed by atoms with Crippen molar-refractivity contribution in [3.63, 3.8) is 0 Å². The van der Waals surface area contributed by atoms with Crippen LogP contribution in [0.25, 0.3) is 0 Å². The quantitative estimate of drug-likeness (QED) is 0.736. The fraction of sp³-hybridized carbons (Fsp3) is 0.545. The molecule has 1 aromatic heterocycles. The third-order valence-electron chi connectivity index (χ3n) is 2.67. The van der Waals surface area contributed by atoms with Crippen molar-refractivity contribution in [2.75, 3.05) is 5.32 Å². The maximum atomic E-state index is 11.7. The van der Waals surface area contributed by atoms with Gasteiger partial charge in [-0.05, 0) is 24.5 Å². The van der Waals surface area contributed by atoms with E-state index in [2.05, 4.69) is 32.2 Å². The van der Waals surface area contributed by atoms with Crippen molar-refractivity contribution < 1.29 is 0 Å². The Morgan fingerprint density at radius 3 is 2.86 bits per heavy atom. The van der Waals surface area contributed by atoms with Gasteiger partial charge in [-0.1, -0.05) is 13.8 Å². The number of aromatic nitrogens is 1. The zero-order valence-electron chi connectivity index (χ0n) is 8.87. The molecule has 0 saturated carbocycles. The first kappa shape index (κ1) is 9.31. The monoisotopic (exact) mass is 192 g/mol. The molecule has 0 bridgehead atoms. The summed E-state index contributed by atoms with van der Waals surface area (Å²) in [4.78, 5) is 11.7. The molecule has 2 heterocycles. The van der Waals surface area contributed by atoms with Crippen LogP contribution in [0, 0.1) is 0 Å². The number of fused-ring (bicyclic) bond motifs is 1. The lowest BCUT2D eigenvalue weighted by Gasteiger charge is -2.08. The van der Waals surface area contributed by atoms with Crippen LogP contribution in [-0.2, 0) is 6.54 Å². The number of hydrogen-bond donors (Lipinski definition) is 1. The Kier molecular flexibility index (Phi) is 2.10. The molecule has 1 aliphatic heterocycles. The topological polar surface area (TPSA) is 34.0 Å². The van der Waals surface area contributed by atoms with E-state index < -0.39 is 0 Å². The van der Waals surface area contributed by atoms with Gasteiger partial charge in [-0.15, -0.1) is 0 Å². The van der Waals surface area contributed by atoms with Gasteiger partial charge in [0, 0.05) is 18.7 Å². The molecule has 1 atom stereocenters. The summed E-state index contributed by atoms with van der Waals surface area (Å²) in [7, 11) is 0. The maximum Gasteiger partial charge on any atom is 0.252 e. The molecule has 14 heavy (non-hydrogen) atoms. The highest BCUT2D eigenvalue weighted by Crippen LogP contribution is 2.21. The van der Waals surface area contributed by atoms with Gasteiger partial charge < -0.3 is 5.32 Å². The molecule has 0 amide bonds. The molecule has 1 unspecified atom stereocenters. The Bertz CT molecular complexity index is 406. The highest BCUT2D eigenvalue weighted by Gasteiger charge is 2.18. The van der Waals surface area contributed by atoms with E-state index >= 15 is 0 Å². The maximum absolute atomic E-state index is 11.7. The van der Waals surface area contributed by atoms with E-state index in [0.29, 0.717) is 12.0 Å². The number of nitrogens with zero attached hydrogens (tertiary/aromatic N) is 1. The Hall–Kier alpha value is -1.25. The Morgan fingerprint density at radius 1 is 1.50 bits per heavy atom. The van der Waals surface area contributed by atoms with Crippen molar-refractivity contribution >= 4 is 5.82 Å². The number of rotatable bonds is 1. The molecule has 0 aliphatic carbocycles. The van der Waals surface area contributed by atoms with Gasteiger partial charge in [-0.25, -0.2) is 0 Å². The van der Waals surface area contributed by atoms with E-state index in [1.165, 1.54) is 0 Å². The first-order valence-corrected chi connectivity index (χ1v) is 5.09. The molecular weight excluding hydrogens is 176 g/mol. The van der Waals surface area contributed by atoms with Gasteiger partial charge in [0.05, 0.1) is 0 Å². The average molecular weight is 192 g/mol. The minimum absolute atomic E-state index is 0.114. The lowest BCUT2D eigenvalue weighted by molar-refractivity contribution is 0.673. The molecule has 3 heteroatoms. The van der Waals surface area contributed by atoms with Crippen molar-refractivity contribution in [1.82, 2.24) is 4.57 Å². The zero-order chi connectivity index (χ0) is 10.3. The second-order valence-corrected chi connectivity index (χ2v) is 4.32. The average Bonchev–Trinajstić information content (AvgIpc) is 2.45. The minimum atomic E-state index is 0.114. The summed E-state index contributed by atoms with van der Waals surface area (Å²) in [5.41, 5.74) is 1.23. The predicted molar refractivity (Wildman–Crippen MR) is 57.9 cm³/mol. The normalized spacial score (nSPS) is 19.6. The van der Waals surface area contributed by atoms with E-state index in [-0.39, 0.29) is 5.56 Å². The fourth-order valence-corrected chi connectivity index (χ4v) is 1.83. The summed E-state index contributed by atoms with van der Waals surface area (Å²) >= 11 is 0. The number of nitrogens with one attached hydrogen (secondary N) is 1. The van der Waals surface area contributed by atoms with Crippen LogP contribution in [0.2, 0.25) is 0 Å². The van der Waals surface area contributed by atoms with Crippen LogP contribution >= 0.6 is 0 Å². The molecule has 76 valence electrons. The van der Waals surface area contributed by atoms with Crippen LogP contribution in [0.4, 0.5) is 5.82 Å². The fourth-order valence-electron chi connectivity index (χ4n) is 1.83. The second-order valence-electron chi connectivity index (χ2n) is 4.32. The Labute approximate surface area is 83.8 Å². The lowest BCUT2D eigenvalue weighted by atomic mass is 10.1. The minimum Gasteiger partial charge on any atom is -0.367 e. The molecule has 0 fully saturated rings. The van der Waals surface area contributed by atoms with E-state index in [1.54, 1.807) is 10.6 Å². The standard InChI is InChI=1S/C11H16N2O/c1-7(2)9-4-10-12-8(3)6-13(10)11(14)5-9/h4-5,7-8,12H,6H2,1-3H3. The Morgan fingerprint density at radius 2 is 2.21 bits per heavy atom. The van der Waals surface area contributed by atoms with Crippen molar-refractivity contribution in [3.05, 3.63) is 28.0 Å². The molecule has 0 saturated heterocycles. The molecule has 1 N–H and O–H groups in total. The number of pyridine rings is 1. The summed E-state index contributed by atoms with van der Waals surface area (Å²) in [6, 6.07) is 4.19. The van der Waals surface area contributed by atoms with E-state index in [1.807, 2.05) is 0 Å². The first-order chi connectivity index (χ1) is 6.58. The second kappa shape index (κ2) is 3.15. The molecule has 0 aromatic carbocycles. The molecular formula is C11H16N2O. The molecule has 2 rings (SSSR count). The van der Waals surface area contributed by atoms with E-state index in [0.717, 1.165) is 17.9 Å². The summed E-state index contributed by atoms with van der Waals surface area (Å²) in [5.74, 6) is 1.38. The number of hydrogen-bond acceptors (Lipinski definition) is 2. The first-order valence-electron chi connectivity index (χ1n) is 5.09. The predicted octanol–water partition coefficient (Wildman–Crippen LogP) is 1.79. The van der Waals surface area contributed by atoms with Crippen LogP contribution in [0.5, 0.6) is 0 Å². The molecule has 0 spiro atoms. The van der Waals surface area contributed by atoms with Crippen LogP contribution in [-0.4, -0.2) is 10.6 Å². The van der Waals surface area contributed by atoms with Gasteiger partial charge >= 0.3 is 0 Å². The SMILES string of the molecule is CC1Cn2c(cc(C(C)C)cc2=O)N1. The zero-order valence-corrected chi connectivity index (χ0v) is 8.87. The van der Waals surface area contributed by atoms with E-state index in [4.69, 9.17) is 0 Å². The van der Waals surface area contributed by atoms with Crippen molar-refractivity contribution in [2.45, 2.75) is 39.3 Å². The third kappa shape index (κ3) is 1.43. The lowest BCUT2D eigenvalue weighted by Crippen LogP contribution is -2.19. The molecule has 1 aromatic rings. The van der Waals surface area contributed by atoms with Gasteiger partial charge in [-0.3, -0.25) is 9.36 Å². The van der Waals surface area contributed by atoms with Crippen LogP contribution in [0.15, 0.2) is 16.9 Å². The van der Waals surface area contributed by atoms with Gasteiger partial charge in [0.1, 0.15) is 5.82 Å². The van der Waals surface area contributed by atoms with Gasteiger partial charge in [0.25, 0.3) is 5.56 Å². The van der Waals surface area contributed by atoms with Gasteiger partial charge in [0.2, 0.25) is 0 Å². The summed E-state index contributed by atoms with van der Waals surface area (Å²) in [6.45, 7) is 7.07. The number of anilines is 1. The van der Waals surface area contributed by atoms with Crippen LogP contribution in [0.3, 0.4) is 0 Å². The van der Waals surface area contributed by atoms with Gasteiger partial charge in [0.15, 0.2) is 0 Å². The van der Waals surface area contributed by atoms with Gasteiger partial charge in [-0.2, -0.15) is 0 Å². The van der Waals surface area contributed by atoms with Crippen LogP contribution < -0.4 is 10.9 Å². The Balaban J connectivity index is 2.51. The van der Waals surface area contributed by atoms with E-state index in [9.17, 15) is 4.79 Å². The third-order valence-corrected chi connectivity index (χ3v) is 2.67. The van der Waals surface area contributed by atoms with Crippen LogP contribution in [0.1, 0.15) is 32.3 Å². The molecule has 0 radical (unpaired) electrons. The molecule has 3 nitrogen and oxygen atoms in total.